The molecule has 1 aromatic heterocycles. The number of carboxylic acids is 1. The minimum Gasteiger partial charge on any atom is -0.505 e. The minimum atomic E-state index is -1.07. The van der Waals surface area contributed by atoms with E-state index in [0.717, 1.165) is 17.4 Å². The molecule has 0 saturated heterocycles. The SMILES string of the molecule is Cc1cc(C(=O)NCc2ccc(F)c(O)c2)sc1C(=O)O. The molecule has 0 saturated carbocycles. The van der Waals surface area contributed by atoms with Gasteiger partial charge in [0.1, 0.15) is 4.88 Å². The summed E-state index contributed by atoms with van der Waals surface area (Å²) in [6.07, 6.45) is 0. The summed E-state index contributed by atoms with van der Waals surface area (Å²) in [5, 5.41) is 20.8. The van der Waals surface area contributed by atoms with Crippen LogP contribution in [0.4, 0.5) is 4.39 Å². The minimum absolute atomic E-state index is 0.103. The van der Waals surface area contributed by atoms with Crippen LogP contribution in [0.5, 0.6) is 5.75 Å². The second kappa shape index (κ2) is 5.92. The highest BCUT2D eigenvalue weighted by atomic mass is 32.1. The number of phenols is 1. The molecule has 0 spiro atoms. The van der Waals surface area contributed by atoms with Gasteiger partial charge in [-0.25, -0.2) is 9.18 Å². The number of carboxylic acid groups (broad SMARTS) is 1. The normalized spacial score (nSPS) is 10.4. The summed E-state index contributed by atoms with van der Waals surface area (Å²) in [5.41, 5.74) is 1.06. The zero-order valence-corrected chi connectivity index (χ0v) is 11.8. The lowest BCUT2D eigenvalue weighted by molar-refractivity contribution is 0.0701. The molecule has 7 heteroatoms. The van der Waals surface area contributed by atoms with Gasteiger partial charge in [0, 0.05) is 6.54 Å². The number of amides is 1. The number of hydrogen-bond donors (Lipinski definition) is 3. The number of aryl methyl sites for hydroxylation is 1. The van der Waals surface area contributed by atoms with Crippen LogP contribution < -0.4 is 5.32 Å². The average Bonchev–Trinajstić information content (AvgIpc) is 2.82. The standard InChI is InChI=1S/C14H12FNO4S/c1-7-4-11(21-12(7)14(19)20)13(18)16-6-8-2-3-9(15)10(17)5-8/h2-5,17H,6H2,1H3,(H,16,18)(H,19,20). The fourth-order valence-electron chi connectivity index (χ4n) is 1.74. The lowest BCUT2D eigenvalue weighted by Crippen LogP contribution is -2.21. The lowest BCUT2D eigenvalue weighted by atomic mass is 10.2. The highest BCUT2D eigenvalue weighted by molar-refractivity contribution is 7.16. The largest absolute Gasteiger partial charge is 0.505 e. The van der Waals surface area contributed by atoms with Gasteiger partial charge in [-0.15, -0.1) is 11.3 Å². The molecule has 1 amide bonds. The molecule has 0 atom stereocenters. The maximum atomic E-state index is 12.9. The molecule has 21 heavy (non-hydrogen) atoms. The number of aromatic carboxylic acids is 1. The first-order chi connectivity index (χ1) is 9.88. The molecule has 0 unspecified atom stereocenters. The molecule has 5 nitrogen and oxygen atoms in total. The number of thiophene rings is 1. The molecule has 1 heterocycles. The summed E-state index contributed by atoms with van der Waals surface area (Å²) in [6, 6.07) is 5.27. The molecule has 3 N–H and O–H groups in total. The van der Waals surface area contributed by atoms with Crippen molar-refractivity contribution in [3.05, 3.63) is 51.0 Å². The van der Waals surface area contributed by atoms with E-state index in [1.165, 1.54) is 18.2 Å². The summed E-state index contributed by atoms with van der Waals surface area (Å²) in [4.78, 5) is 23.3. The Kier molecular flexibility index (Phi) is 4.23. The van der Waals surface area contributed by atoms with Crippen molar-refractivity contribution in [2.45, 2.75) is 13.5 Å². The van der Waals surface area contributed by atoms with Gasteiger partial charge in [0.25, 0.3) is 5.91 Å². The third kappa shape index (κ3) is 3.38. The Morgan fingerprint density at radius 2 is 2.05 bits per heavy atom. The van der Waals surface area contributed by atoms with E-state index in [1.807, 2.05) is 0 Å². The molecule has 2 aromatic rings. The van der Waals surface area contributed by atoms with Crippen LogP contribution in [-0.2, 0) is 6.54 Å². The van der Waals surface area contributed by atoms with Crippen molar-refractivity contribution < 1.29 is 24.2 Å². The van der Waals surface area contributed by atoms with E-state index in [9.17, 15) is 19.1 Å². The van der Waals surface area contributed by atoms with E-state index in [1.54, 1.807) is 6.92 Å². The van der Waals surface area contributed by atoms with E-state index < -0.39 is 23.4 Å². The number of carbonyl (C=O) groups excluding carboxylic acids is 1. The monoisotopic (exact) mass is 309 g/mol. The van der Waals surface area contributed by atoms with Crippen molar-refractivity contribution >= 4 is 23.2 Å². The Labute approximate surface area is 123 Å². The summed E-state index contributed by atoms with van der Waals surface area (Å²) in [6.45, 7) is 1.72. The Bertz CT molecular complexity index is 711. The predicted molar refractivity (Wildman–Crippen MR) is 75.3 cm³/mol. The highest BCUT2D eigenvalue weighted by Crippen LogP contribution is 2.22. The molecule has 0 radical (unpaired) electrons. The van der Waals surface area contributed by atoms with Crippen LogP contribution in [0.25, 0.3) is 0 Å². The summed E-state index contributed by atoms with van der Waals surface area (Å²) < 4.78 is 12.9. The van der Waals surface area contributed by atoms with Crippen LogP contribution in [0.3, 0.4) is 0 Å². The van der Waals surface area contributed by atoms with Crippen molar-refractivity contribution in [2.75, 3.05) is 0 Å². The van der Waals surface area contributed by atoms with Gasteiger partial charge in [0.05, 0.1) is 4.88 Å². The summed E-state index contributed by atoms with van der Waals surface area (Å²) in [7, 11) is 0. The number of nitrogens with one attached hydrogen (secondary N) is 1. The quantitative estimate of drug-likeness (QED) is 0.810. The zero-order chi connectivity index (χ0) is 15.6. The first kappa shape index (κ1) is 15.0. The molecule has 0 aliphatic carbocycles. The molecule has 0 aliphatic rings. The molecule has 0 fully saturated rings. The van der Waals surface area contributed by atoms with E-state index in [0.29, 0.717) is 11.1 Å². The fraction of sp³-hybridized carbons (Fsp3) is 0.143. The van der Waals surface area contributed by atoms with E-state index >= 15 is 0 Å². The van der Waals surface area contributed by atoms with Crippen LogP contribution >= 0.6 is 11.3 Å². The summed E-state index contributed by atoms with van der Waals surface area (Å²) in [5.74, 6) is -2.70. The number of phenolic OH excluding ortho intramolecular Hbond substituents is 1. The maximum Gasteiger partial charge on any atom is 0.346 e. The van der Waals surface area contributed by atoms with Crippen molar-refractivity contribution in [1.29, 1.82) is 0 Å². The Balaban J connectivity index is 2.06. The van der Waals surface area contributed by atoms with Crippen molar-refractivity contribution in [1.82, 2.24) is 5.32 Å². The van der Waals surface area contributed by atoms with E-state index in [2.05, 4.69) is 5.32 Å². The number of hydrogen-bond acceptors (Lipinski definition) is 4. The van der Waals surface area contributed by atoms with Gasteiger partial charge in [-0.1, -0.05) is 6.07 Å². The van der Waals surface area contributed by atoms with Crippen molar-refractivity contribution in [3.8, 4) is 5.75 Å². The Morgan fingerprint density at radius 3 is 2.62 bits per heavy atom. The van der Waals surface area contributed by atoms with Gasteiger partial charge in [0.15, 0.2) is 11.6 Å². The van der Waals surface area contributed by atoms with Crippen LogP contribution in [0.15, 0.2) is 24.3 Å². The molecule has 1 aromatic carbocycles. The second-order valence-electron chi connectivity index (χ2n) is 4.40. The lowest BCUT2D eigenvalue weighted by Gasteiger charge is -2.04. The fourth-order valence-corrected chi connectivity index (χ4v) is 2.67. The first-order valence-corrected chi connectivity index (χ1v) is 6.79. The average molecular weight is 309 g/mol. The topological polar surface area (TPSA) is 86.6 Å². The number of carbonyl (C=O) groups is 2. The van der Waals surface area contributed by atoms with Gasteiger partial charge < -0.3 is 15.5 Å². The number of aromatic hydroxyl groups is 1. The summed E-state index contributed by atoms with van der Waals surface area (Å²) >= 11 is 0.895. The third-order valence-corrected chi connectivity index (χ3v) is 4.02. The van der Waals surface area contributed by atoms with Gasteiger partial charge in [-0.3, -0.25) is 4.79 Å². The van der Waals surface area contributed by atoms with E-state index in [-0.39, 0.29) is 16.3 Å². The molecule has 0 bridgehead atoms. The Hall–Kier alpha value is -2.41. The van der Waals surface area contributed by atoms with Crippen LogP contribution in [-0.4, -0.2) is 22.1 Å². The maximum absolute atomic E-state index is 12.9. The molecule has 0 aliphatic heterocycles. The van der Waals surface area contributed by atoms with Gasteiger partial charge >= 0.3 is 5.97 Å². The van der Waals surface area contributed by atoms with Gasteiger partial charge in [-0.2, -0.15) is 0 Å². The molecule has 110 valence electrons. The van der Waals surface area contributed by atoms with Gasteiger partial charge in [0.2, 0.25) is 0 Å². The van der Waals surface area contributed by atoms with Crippen LogP contribution in [0.1, 0.15) is 30.5 Å². The highest BCUT2D eigenvalue weighted by Gasteiger charge is 2.16. The Morgan fingerprint density at radius 1 is 1.33 bits per heavy atom. The predicted octanol–water partition coefficient (Wildman–Crippen LogP) is 2.53. The molecular weight excluding hydrogens is 297 g/mol. The molecule has 2 rings (SSSR count). The van der Waals surface area contributed by atoms with Gasteiger partial charge in [-0.05, 0) is 36.2 Å². The number of rotatable bonds is 4. The smallest absolute Gasteiger partial charge is 0.346 e. The number of halogens is 1. The van der Waals surface area contributed by atoms with Crippen molar-refractivity contribution in [3.63, 3.8) is 0 Å². The second-order valence-corrected chi connectivity index (χ2v) is 5.45. The van der Waals surface area contributed by atoms with E-state index in [4.69, 9.17) is 5.11 Å². The first-order valence-electron chi connectivity index (χ1n) is 5.98. The van der Waals surface area contributed by atoms with Crippen LogP contribution in [0.2, 0.25) is 0 Å². The zero-order valence-electron chi connectivity index (χ0n) is 11.0. The third-order valence-electron chi connectivity index (χ3n) is 2.80. The molecular formula is C14H12FNO4S. The number of benzene rings is 1. The van der Waals surface area contributed by atoms with Crippen molar-refractivity contribution in [2.24, 2.45) is 0 Å². The van der Waals surface area contributed by atoms with Crippen LogP contribution in [0, 0.1) is 12.7 Å².